The largest absolute Gasteiger partial charge is 0.497 e. The van der Waals surface area contributed by atoms with Crippen molar-refractivity contribution in [3.05, 3.63) is 58.6 Å². The van der Waals surface area contributed by atoms with Crippen molar-refractivity contribution in [3.63, 3.8) is 0 Å². The van der Waals surface area contributed by atoms with Crippen molar-refractivity contribution >= 4 is 26.0 Å². The van der Waals surface area contributed by atoms with E-state index in [0.717, 1.165) is 15.8 Å². The van der Waals surface area contributed by atoms with Gasteiger partial charge in [-0.15, -0.1) is 0 Å². The van der Waals surface area contributed by atoms with Gasteiger partial charge in [-0.3, -0.25) is 0 Å². The van der Waals surface area contributed by atoms with Crippen LogP contribution in [0.15, 0.2) is 57.9 Å². The molecule has 0 fully saturated rings. The molecule has 5 nitrogen and oxygen atoms in total. The van der Waals surface area contributed by atoms with Gasteiger partial charge in [0, 0.05) is 4.47 Å². The van der Waals surface area contributed by atoms with Crippen LogP contribution in [0.5, 0.6) is 5.75 Å². The first-order valence-corrected chi connectivity index (χ1v) is 9.67. The van der Waals surface area contributed by atoms with Crippen molar-refractivity contribution in [1.82, 2.24) is 4.72 Å². The van der Waals surface area contributed by atoms with E-state index in [0.29, 0.717) is 0 Å². The van der Waals surface area contributed by atoms with Crippen LogP contribution in [0, 0.1) is 0 Å². The van der Waals surface area contributed by atoms with Gasteiger partial charge >= 0.3 is 0 Å². The lowest BCUT2D eigenvalue weighted by atomic mass is 9.94. The molecule has 0 unspecified atom stereocenters. The van der Waals surface area contributed by atoms with Gasteiger partial charge in [-0.05, 0) is 47.9 Å². The molecule has 0 amide bonds. The summed E-state index contributed by atoms with van der Waals surface area (Å²) in [6, 6.07) is 13.1. The third-order valence-electron chi connectivity index (χ3n) is 3.87. The molecule has 0 radical (unpaired) electrons. The first kappa shape index (κ1) is 18.9. The Balaban J connectivity index is 2.19. The highest BCUT2D eigenvalue weighted by atomic mass is 79.9. The zero-order chi connectivity index (χ0) is 17.7. The van der Waals surface area contributed by atoms with E-state index < -0.39 is 16.1 Å². The predicted octanol–water partition coefficient (Wildman–Crippen LogP) is 2.90. The molecule has 2 aromatic rings. The van der Waals surface area contributed by atoms with Crippen LogP contribution >= 0.6 is 15.9 Å². The van der Waals surface area contributed by atoms with Crippen LogP contribution in [0.1, 0.15) is 18.4 Å². The number of rotatable bonds is 7. The molecule has 2 aromatic carbocycles. The van der Waals surface area contributed by atoms with Crippen LogP contribution in [0.3, 0.4) is 0 Å². The topological polar surface area (TPSA) is 75.6 Å². The van der Waals surface area contributed by atoms with Crippen molar-refractivity contribution < 1.29 is 18.3 Å². The molecule has 0 aliphatic carbocycles. The Kier molecular flexibility index (Phi) is 6.40. The minimum absolute atomic E-state index is 0.158. The molecule has 0 aliphatic heterocycles. The second-order valence-corrected chi connectivity index (χ2v) is 8.06. The third-order valence-corrected chi connectivity index (χ3v) is 5.91. The SMILES string of the molecule is COc1ccc([C@@H](C)[C@@H](CO)NS(=O)(=O)c2ccc(Br)cc2)cc1. The van der Waals surface area contributed by atoms with Gasteiger partial charge in [-0.25, -0.2) is 13.1 Å². The number of aliphatic hydroxyl groups excluding tert-OH is 1. The highest BCUT2D eigenvalue weighted by Gasteiger charge is 2.25. The lowest BCUT2D eigenvalue weighted by Crippen LogP contribution is -2.41. The number of ether oxygens (including phenoxy) is 1. The lowest BCUT2D eigenvalue weighted by Gasteiger charge is -2.23. The minimum Gasteiger partial charge on any atom is -0.497 e. The maximum absolute atomic E-state index is 12.5. The first-order chi connectivity index (χ1) is 11.4. The van der Waals surface area contributed by atoms with E-state index in [9.17, 15) is 13.5 Å². The smallest absolute Gasteiger partial charge is 0.240 e. The van der Waals surface area contributed by atoms with E-state index in [1.54, 1.807) is 19.2 Å². The van der Waals surface area contributed by atoms with Gasteiger partial charge < -0.3 is 9.84 Å². The average molecular weight is 414 g/mol. The zero-order valence-corrected chi connectivity index (χ0v) is 15.8. The summed E-state index contributed by atoms with van der Waals surface area (Å²) in [5.41, 5.74) is 0.911. The fourth-order valence-electron chi connectivity index (χ4n) is 2.32. The molecule has 7 heteroatoms. The molecule has 0 aliphatic rings. The third kappa shape index (κ3) is 4.57. The molecule has 0 saturated carbocycles. The van der Waals surface area contributed by atoms with Gasteiger partial charge in [0.2, 0.25) is 10.0 Å². The highest BCUT2D eigenvalue weighted by molar-refractivity contribution is 9.10. The summed E-state index contributed by atoms with van der Waals surface area (Å²) < 4.78 is 33.5. The Hall–Kier alpha value is -1.41. The summed E-state index contributed by atoms with van der Waals surface area (Å²) >= 11 is 3.28. The molecule has 2 atom stereocenters. The number of benzene rings is 2. The van der Waals surface area contributed by atoms with Gasteiger partial charge in [0.05, 0.1) is 24.7 Å². The lowest BCUT2D eigenvalue weighted by molar-refractivity contribution is 0.242. The van der Waals surface area contributed by atoms with Gasteiger partial charge in [0.25, 0.3) is 0 Å². The maximum atomic E-state index is 12.5. The van der Waals surface area contributed by atoms with Gasteiger partial charge in [-0.1, -0.05) is 35.0 Å². The second kappa shape index (κ2) is 8.11. The fraction of sp³-hybridized carbons (Fsp3) is 0.294. The standard InChI is InChI=1S/C17H20BrNO4S/c1-12(13-3-7-15(23-2)8-4-13)17(11-20)19-24(21,22)16-9-5-14(18)6-10-16/h3-10,12,17,19-20H,11H2,1-2H3/t12-,17-/m1/s1. The predicted molar refractivity (Wildman–Crippen MR) is 96.7 cm³/mol. The molecule has 24 heavy (non-hydrogen) atoms. The minimum atomic E-state index is -3.71. The van der Waals surface area contributed by atoms with Crippen LogP contribution in [-0.2, 0) is 10.0 Å². The van der Waals surface area contributed by atoms with Gasteiger partial charge in [0.1, 0.15) is 5.75 Å². The van der Waals surface area contributed by atoms with E-state index in [2.05, 4.69) is 20.7 Å². The van der Waals surface area contributed by atoms with E-state index in [4.69, 9.17) is 4.74 Å². The number of nitrogens with one attached hydrogen (secondary N) is 1. The molecule has 0 spiro atoms. The van der Waals surface area contributed by atoms with Crippen molar-refractivity contribution in [2.45, 2.75) is 23.8 Å². The number of hydrogen-bond acceptors (Lipinski definition) is 4. The molecule has 0 aromatic heterocycles. The Bertz CT molecular complexity index is 760. The Morgan fingerprint density at radius 3 is 2.21 bits per heavy atom. The van der Waals surface area contributed by atoms with Gasteiger partial charge in [0.15, 0.2) is 0 Å². The summed E-state index contributed by atoms with van der Waals surface area (Å²) in [5.74, 6) is 0.521. The number of sulfonamides is 1. The van der Waals surface area contributed by atoms with Crippen LogP contribution in [0.25, 0.3) is 0 Å². The molecule has 0 heterocycles. The number of methoxy groups -OCH3 is 1. The summed E-state index contributed by atoms with van der Waals surface area (Å²) in [5, 5.41) is 9.65. The van der Waals surface area contributed by atoms with Gasteiger partial charge in [-0.2, -0.15) is 0 Å². The Morgan fingerprint density at radius 1 is 1.12 bits per heavy atom. The van der Waals surface area contributed by atoms with E-state index in [-0.39, 0.29) is 17.4 Å². The summed E-state index contributed by atoms with van der Waals surface area (Å²) in [7, 11) is -2.13. The second-order valence-electron chi connectivity index (χ2n) is 5.43. The van der Waals surface area contributed by atoms with Crippen LogP contribution in [0.4, 0.5) is 0 Å². The molecule has 2 N–H and O–H groups in total. The van der Waals surface area contributed by atoms with Crippen molar-refractivity contribution in [1.29, 1.82) is 0 Å². The summed E-state index contributed by atoms with van der Waals surface area (Å²) in [6.07, 6.45) is 0. The Morgan fingerprint density at radius 2 is 1.71 bits per heavy atom. The monoisotopic (exact) mass is 413 g/mol. The maximum Gasteiger partial charge on any atom is 0.240 e. The van der Waals surface area contributed by atoms with E-state index >= 15 is 0 Å². The van der Waals surface area contributed by atoms with Crippen molar-refractivity contribution in [2.24, 2.45) is 0 Å². The van der Waals surface area contributed by atoms with Crippen LogP contribution in [-0.4, -0.2) is 33.3 Å². The number of hydrogen-bond donors (Lipinski definition) is 2. The van der Waals surface area contributed by atoms with E-state index in [1.807, 2.05) is 31.2 Å². The van der Waals surface area contributed by atoms with Crippen LogP contribution in [0.2, 0.25) is 0 Å². The fourth-order valence-corrected chi connectivity index (χ4v) is 3.89. The molecule has 2 rings (SSSR count). The molecular formula is C17H20BrNO4S. The van der Waals surface area contributed by atoms with E-state index in [1.165, 1.54) is 12.1 Å². The summed E-state index contributed by atoms with van der Waals surface area (Å²) in [6.45, 7) is 1.57. The normalized spacial score (nSPS) is 14.2. The molecular weight excluding hydrogens is 394 g/mol. The number of aliphatic hydroxyl groups is 1. The van der Waals surface area contributed by atoms with Crippen LogP contribution < -0.4 is 9.46 Å². The quantitative estimate of drug-likeness (QED) is 0.731. The highest BCUT2D eigenvalue weighted by Crippen LogP contribution is 2.23. The Labute approximate surface area is 150 Å². The average Bonchev–Trinajstić information content (AvgIpc) is 2.59. The molecule has 0 saturated heterocycles. The zero-order valence-electron chi connectivity index (χ0n) is 13.4. The molecule has 130 valence electrons. The summed E-state index contributed by atoms with van der Waals surface area (Å²) in [4.78, 5) is 0.158. The number of halogens is 1. The van der Waals surface area contributed by atoms with Crippen molar-refractivity contribution in [3.8, 4) is 5.75 Å². The first-order valence-electron chi connectivity index (χ1n) is 7.40. The van der Waals surface area contributed by atoms with Crippen molar-refractivity contribution in [2.75, 3.05) is 13.7 Å². The molecule has 0 bridgehead atoms.